The van der Waals surface area contributed by atoms with Crippen LogP contribution in [0.2, 0.25) is 5.02 Å². The summed E-state index contributed by atoms with van der Waals surface area (Å²) in [6.07, 6.45) is 7.59. The van der Waals surface area contributed by atoms with Crippen LogP contribution >= 0.6 is 11.6 Å². The number of aryl methyl sites for hydroxylation is 1. The second kappa shape index (κ2) is 14.0. The maximum atomic E-state index is 13.4. The molecule has 1 aliphatic rings. The van der Waals surface area contributed by atoms with E-state index in [4.69, 9.17) is 11.6 Å². The van der Waals surface area contributed by atoms with Gasteiger partial charge in [-0.2, -0.15) is 0 Å². The molecule has 1 N–H and O–H groups in total. The quantitative estimate of drug-likeness (QED) is 0.390. The van der Waals surface area contributed by atoms with Crippen molar-refractivity contribution >= 4 is 39.1 Å². The fourth-order valence-electron chi connectivity index (χ4n) is 4.97. The zero-order valence-corrected chi connectivity index (χ0v) is 24.2. The van der Waals surface area contributed by atoms with Crippen molar-refractivity contribution in [3.05, 3.63) is 64.7 Å². The molecule has 0 heterocycles. The van der Waals surface area contributed by atoms with Crippen LogP contribution in [0.3, 0.4) is 0 Å². The lowest BCUT2D eigenvalue weighted by atomic mass is 9.95. The first-order valence-electron chi connectivity index (χ1n) is 13.4. The highest BCUT2D eigenvalue weighted by Gasteiger charge is 2.28. The van der Waals surface area contributed by atoms with Crippen molar-refractivity contribution < 1.29 is 18.0 Å². The van der Waals surface area contributed by atoms with E-state index in [1.54, 1.807) is 30.0 Å². The SMILES string of the molecule is Cc1ccc(Cl)cc1N(CCCC(=O)N(CCc1ccccc1)C(C)C(=O)NC1CCCCC1)S(C)(=O)=O. The number of amides is 2. The normalized spacial score (nSPS) is 15.1. The first-order chi connectivity index (χ1) is 18.1. The zero-order chi connectivity index (χ0) is 27.7. The number of carbonyl (C=O) groups is 2. The predicted molar refractivity (Wildman–Crippen MR) is 154 cm³/mol. The summed E-state index contributed by atoms with van der Waals surface area (Å²) in [7, 11) is -3.58. The van der Waals surface area contributed by atoms with E-state index < -0.39 is 16.1 Å². The molecule has 38 heavy (non-hydrogen) atoms. The Kier molecular flexibility index (Phi) is 11.0. The van der Waals surface area contributed by atoms with Crippen LogP contribution < -0.4 is 9.62 Å². The Morgan fingerprint density at radius 3 is 2.39 bits per heavy atom. The number of anilines is 1. The summed E-state index contributed by atoms with van der Waals surface area (Å²) >= 11 is 6.14. The van der Waals surface area contributed by atoms with Crippen molar-refractivity contribution in [2.24, 2.45) is 0 Å². The third-order valence-electron chi connectivity index (χ3n) is 7.20. The molecule has 0 saturated heterocycles. The Hall–Kier alpha value is -2.58. The van der Waals surface area contributed by atoms with Crippen LogP contribution in [0.1, 0.15) is 63.0 Å². The van der Waals surface area contributed by atoms with Crippen LogP contribution in [0.4, 0.5) is 5.69 Å². The van der Waals surface area contributed by atoms with Crippen molar-refractivity contribution in [2.45, 2.75) is 77.3 Å². The van der Waals surface area contributed by atoms with E-state index in [2.05, 4.69) is 5.32 Å². The van der Waals surface area contributed by atoms with Gasteiger partial charge in [0.15, 0.2) is 0 Å². The number of hydrogen-bond acceptors (Lipinski definition) is 4. The van der Waals surface area contributed by atoms with Crippen LogP contribution in [0, 0.1) is 6.92 Å². The van der Waals surface area contributed by atoms with Crippen LogP contribution in [0.15, 0.2) is 48.5 Å². The van der Waals surface area contributed by atoms with Gasteiger partial charge in [-0.25, -0.2) is 8.42 Å². The number of benzene rings is 2. The molecule has 1 unspecified atom stereocenters. The number of rotatable bonds is 12. The average Bonchev–Trinajstić information content (AvgIpc) is 2.88. The van der Waals surface area contributed by atoms with Gasteiger partial charge in [0.1, 0.15) is 6.04 Å². The molecule has 0 radical (unpaired) electrons. The highest BCUT2D eigenvalue weighted by atomic mass is 35.5. The van der Waals surface area contributed by atoms with Gasteiger partial charge in [0.25, 0.3) is 0 Å². The maximum Gasteiger partial charge on any atom is 0.242 e. The molecule has 208 valence electrons. The molecule has 1 atom stereocenters. The fraction of sp³-hybridized carbons (Fsp3) is 0.517. The number of hydrogen-bond donors (Lipinski definition) is 1. The van der Waals surface area contributed by atoms with Crippen molar-refractivity contribution in [1.29, 1.82) is 0 Å². The zero-order valence-electron chi connectivity index (χ0n) is 22.7. The van der Waals surface area contributed by atoms with Gasteiger partial charge in [0.2, 0.25) is 21.8 Å². The molecule has 1 saturated carbocycles. The van der Waals surface area contributed by atoms with E-state index in [1.165, 1.54) is 10.7 Å². The third-order valence-corrected chi connectivity index (χ3v) is 8.61. The fourth-order valence-corrected chi connectivity index (χ4v) is 6.15. The molecule has 0 aromatic heterocycles. The van der Waals surface area contributed by atoms with Gasteiger partial charge < -0.3 is 10.2 Å². The lowest BCUT2D eigenvalue weighted by molar-refractivity contribution is -0.140. The van der Waals surface area contributed by atoms with Gasteiger partial charge in [-0.15, -0.1) is 0 Å². The lowest BCUT2D eigenvalue weighted by Crippen LogP contribution is -2.51. The monoisotopic (exact) mass is 561 g/mol. The molecule has 2 amide bonds. The Labute approximate surface area is 232 Å². The second-order valence-corrected chi connectivity index (χ2v) is 12.6. The highest BCUT2D eigenvalue weighted by Crippen LogP contribution is 2.27. The van der Waals surface area contributed by atoms with Gasteiger partial charge >= 0.3 is 0 Å². The van der Waals surface area contributed by atoms with E-state index in [9.17, 15) is 18.0 Å². The van der Waals surface area contributed by atoms with Crippen molar-refractivity contribution in [1.82, 2.24) is 10.2 Å². The number of sulfonamides is 1. The summed E-state index contributed by atoms with van der Waals surface area (Å²) in [5.74, 6) is -0.297. The molecule has 0 aliphatic heterocycles. The van der Waals surface area contributed by atoms with Crippen LogP contribution in [0.25, 0.3) is 0 Å². The van der Waals surface area contributed by atoms with E-state index >= 15 is 0 Å². The minimum absolute atomic E-state index is 0.126. The van der Waals surface area contributed by atoms with Gasteiger partial charge in [-0.3, -0.25) is 13.9 Å². The molecule has 9 heteroatoms. The minimum atomic E-state index is -3.58. The number of nitrogens with one attached hydrogen (secondary N) is 1. The topological polar surface area (TPSA) is 86.8 Å². The molecule has 1 aliphatic carbocycles. The van der Waals surface area contributed by atoms with Crippen LogP contribution in [-0.4, -0.2) is 56.6 Å². The largest absolute Gasteiger partial charge is 0.352 e. The number of halogens is 1. The van der Waals surface area contributed by atoms with Gasteiger partial charge in [0.05, 0.1) is 11.9 Å². The summed E-state index contributed by atoms with van der Waals surface area (Å²) in [4.78, 5) is 28.2. The summed E-state index contributed by atoms with van der Waals surface area (Å²) in [6.45, 7) is 4.15. The molecule has 2 aromatic carbocycles. The molecule has 0 bridgehead atoms. The standard InChI is InChI=1S/C29H40ClN3O4S/c1-22-16-17-25(30)21-27(22)33(38(3,36)37)19-10-15-28(34)32(20-18-24-11-6-4-7-12-24)23(2)29(35)31-26-13-8-5-9-14-26/h4,6-7,11-12,16-17,21,23,26H,5,8-10,13-15,18-20H2,1-3H3,(H,31,35). The van der Waals surface area contributed by atoms with Crippen LogP contribution in [0.5, 0.6) is 0 Å². The molecule has 0 spiro atoms. The maximum absolute atomic E-state index is 13.4. The molecule has 2 aromatic rings. The predicted octanol–water partition coefficient (Wildman–Crippen LogP) is 5.10. The van der Waals surface area contributed by atoms with Crippen molar-refractivity contribution in [3.8, 4) is 0 Å². The van der Waals surface area contributed by atoms with Gasteiger partial charge in [0, 0.05) is 30.6 Å². The van der Waals surface area contributed by atoms with Gasteiger partial charge in [-0.05, 0) is 62.8 Å². The first-order valence-corrected chi connectivity index (χ1v) is 15.7. The van der Waals surface area contributed by atoms with E-state index in [0.29, 0.717) is 30.1 Å². The average molecular weight is 562 g/mol. The molecule has 7 nitrogen and oxygen atoms in total. The summed E-state index contributed by atoms with van der Waals surface area (Å²) in [5, 5.41) is 3.59. The summed E-state index contributed by atoms with van der Waals surface area (Å²) < 4.78 is 26.5. The highest BCUT2D eigenvalue weighted by molar-refractivity contribution is 7.92. The molecule has 3 rings (SSSR count). The molecular formula is C29H40ClN3O4S. The van der Waals surface area contributed by atoms with Crippen molar-refractivity contribution in [2.75, 3.05) is 23.7 Å². The molecular weight excluding hydrogens is 522 g/mol. The molecule has 1 fully saturated rings. The Bertz CT molecular complexity index is 1180. The summed E-state index contributed by atoms with van der Waals surface area (Å²) in [6, 6.07) is 14.5. The Morgan fingerprint density at radius 1 is 1.05 bits per heavy atom. The lowest BCUT2D eigenvalue weighted by Gasteiger charge is -2.31. The van der Waals surface area contributed by atoms with E-state index in [0.717, 1.165) is 43.1 Å². The number of nitrogens with zero attached hydrogens (tertiary/aromatic N) is 2. The van der Waals surface area contributed by atoms with Crippen molar-refractivity contribution in [3.63, 3.8) is 0 Å². The van der Waals surface area contributed by atoms with Gasteiger partial charge in [-0.1, -0.05) is 67.3 Å². The second-order valence-electron chi connectivity index (χ2n) is 10.2. The van der Waals surface area contributed by atoms with E-state index in [1.807, 2.05) is 37.3 Å². The first kappa shape index (κ1) is 30.0. The Balaban J connectivity index is 1.69. The smallest absolute Gasteiger partial charge is 0.242 e. The Morgan fingerprint density at radius 2 is 1.74 bits per heavy atom. The third kappa shape index (κ3) is 8.73. The minimum Gasteiger partial charge on any atom is -0.352 e. The number of carbonyl (C=O) groups excluding carboxylic acids is 2. The van der Waals surface area contributed by atoms with E-state index in [-0.39, 0.29) is 30.8 Å². The van der Waals surface area contributed by atoms with Crippen LogP contribution in [-0.2, 0) is 26.0 Å². The summed E-state index contributed by atoms with van der Waals surface area (Å²) in [5.41, 5.74) is 2.38.